The number of hydrogen-bond donors (Lipinski definition) is 0. The number of benzene rings is 3. The third-order valence-electron chi connectivity index (χ3n) is 7.53. The SMILES string of the molecule is Cc1ccc(CCC2C(=O)CN(CCCCc3ccccc3)C2c2ccc(C(C)(C)C)cc2)cc1. The second-order valence-corrected chi connectivity index (χ2v) is 11.3. The summed E-state index contributed by atoms with van der Waals surface area (Å²) in [5.41, 5.74) is 6.77. The second-order valence-electron chi connectivity index (χ2n) is 11.3. The highest BCUT2D eigenvalue weighted by Gasteiger charge is 2.40. The van der Waals surface area contributed by atoms with E-state index in [4.69, 9.17) is 0 Å². The second kappa shape index (κ2) is 11.4. The van der Waals surface area contributed by atoms with Gasteiger partial charge >= 0.3 is 0 Å². The van der Waals surface area contributed by atoms with Gasteiger partial charge < -0.3 is 0 Å². The van der Waals surface area contributed by atoms with Crippen molar-refractivity contribution in [1.82, 2.24) is 4.90 Å². The molecule has 2 atom stereocenters. The van der Waals surface area contributed by atoms with Gasteiger partial charge in [0.15, 0.2) is 5.78 Å². The summed E-state index contributed by atoms with van der Waals surface area (Å²) < 4.78 is 0. The lowest BCUT2D eigenvalue weighted by molar-refractivity contribution is -0.120. The summed E-state index contributed by atoms with van der Waals surface area (Å²) in [6.07, 6.45) is 5.23. The van der Waals surface area contributed by atoms with E-state index in [2.05, 4.69) is 111 Å². The number of ketones is 1. The van der Waals surface area contributed by atoms with Crippen LogP contribution in [0.15, 0.2) is 78.9 Å². The summed E-state index contributed by atoms with van der Waals surface area (Å²) in [5, 5.41) is 0. The average molecular weight is 468 g/mol. The van der Waals surface area contributed by atoms with Gasteiger partial charge in [0.1, 0.15) is 0 Å². The Bertz CT molecular complexity index is 1080. The number of likely N-dealkylation sites (tertiary alicyclic amines) is 1. The van der Waals surface area contributed by atoms with Crippen molar-refractivity contribution in [3.63, 3.8) is 0 Å². The van der Waals surface area contributed by atoms with E-state index < -0.39 is 0 Å². The van der Waals surface area contributed by atoms with E-state index in [0.717, 1.165) is 38.6 Å². The van der Waals surface area contributed by atoms with E-state index in [1.807, 2.05) is 0 Å². The van der Waals surface area contributed by atoms with Crippen LogP contribution in [0.4, 0.5) is 0 Å². The van der Waals surface area contributed by atoms with Crippen molar-refractivity contribution in [2.75, 3.05) is 13.1 Å². The first-order valence-corrected chi connectivity index (χ1v) is 13.3. The Hall–Kier alpha value is -2.71. The summed E-state index contributed by atoms with van der Waals surface area (Å²) in [5.74, 6) is 0.469. The molecule has 0 saturated carbocycles. The van der Waals surface area contributed by atoms with Crippen LogP contribution >= 0.6 is 0 Å². The number of carbonyl (C=O) groups excluding carboxylic acids is 1. The van der Waals surface area contributed by atoms with Crippen molar-refractivity contribution >= 4 is 5.78 Å². The first-order chi connectivity index (χ1) is 16.8. The van der Waals surface area contributed by atoms with Crippen LogP contribution in [0.25, 0.3) is 0 Å². The van der Waals surface area contributed by atoms with Crippen LogP contribution < -0.4 is 0 Å². The number of Topliss-reactive ketones (excluding diaryl/α,β-unsaturated/α-hetero) is 1. The van der Waals surface area contributed by atoms with E-state index in [9.17, 15) is 4.79 Å². The summed E-state index contributed by atoms with van der Waals surface area (Å²) in [6.45, 7) is 10.4. The van der Waals surface area contributed by atoms with E-state index in [0.29, 0.717) is 12.3 Å². The maximum absolute atomic E-state index is 13.3. The van der Waals surface area contributed by atoms with Crippen LogP contribution in [-0.4, -0.2) is 23.8 Å². The minimum absolute atomic E-state index is 0.0610. The van der Waals surface area contributed by atoms with E-state index in [-0.39, 0.29) is 17.4 Å². The van der Waals surface area contributed by atoms with Gasteiger partial charge in [-0.3, -0.25) is 9.69 Å². The number of unbranched alkanes of at least 4 members (excludes halogenated alkanes) is 1. The van der Waals surface area contributed by atoms with Crippen molar-refractivity contribution in [1.29, 1.82) is 0 Å². The van der Waals surface area contributed by atoms with Crippen LogP contribution in [0.1, 0.15) is 73.9 Å². The first kappa shape index (κ1) is 25.4. The van der Waals surface area contributed by atoms with Gasteiger partial charge in [0, 0.05) is 12.0 Å². The molecule has 0 spiro atoms. The largest absolute Gasteiger partial charge is 0.298 e. The molecule has 4 rings (SSSR count). The third kappa shape index (κ3) is 6.70. The van der Waals surface area contributed by atoms with Gasteiger partial charge in [0.2, 0.25) is 0 Å². The Morgan fingerprint density at radius 1 is 0.800 bits per heavy atom. The standard InChI is InChI=1S/C33H41NO/c1-25-13-15-27(16-14-25)17-22-30-31(35)24-34(23-9-8-12-26-10-6-5-7-11-26)32(30)28-18-20-29(21-19-28)33(2,3)4/h5-7,10-11,13-16,18-21,30,32H,8-9,12,17,22-24H2,1-4H3. The molecule has 1 aliphatic rings. The molecule has 1 aliphatic heterocycles. The molecule has 0 aliphatic carbocycles. The number of hydrogen-bond acceptors (Lipinski definition) is 2. The summed E-state index contributed by atoms with van der Waals surface area (Å²) in [4.78, 5) is 15.7. The smallest absolute Gasteiger partial charge is 0.151 e. The molecule has 1 heterocycles. The highest BCUT2D eigenvalue weighted by molar-refractivity contribution is 5.86. The van der Waals surface area contributed by atoms with Gasteiger partial charge in [-0.2, -0.15) is 0 Å². The molecule has 2 heteroatoms. The molecule has 1 fully saturated rings. The van der Waals surface area contributed by atoms with Crippen LogP contribution in [0.3, 0.4) is 0 Å². The van der Waals surface area contributed by atoms with E-state index in [1.54, 1.807) is 0 Å². The Kier molecular flexibility index (Phi) is 8.23. The zero-order valence-corrected chi connectivity index (χ0v) is 22.0. The number of nitrogens with zero attached hydrogens (tertiary/aromatic N) is 1. The minimum Gasteiger partial charge on any atom is -0.298 e. The van der Waals surface area contributed by atoms with Crippen molar-refractivity contribution in [3.05, 3.63) is 107 Å². The monoisotopic (exact) mass is 467 g/mol. The predicted octanol–water partition coefficient (Wildman–Crippen LogP) is 7.49. The van der Waals surface area contributed by atoms with Gasteiger partial charge in [-0.1, -0.05) is 105 Å². The van der Waals surface area contributed by atoms with Crippen LogP contribution in [0.2, 0.25) is 0 Å². The fourth-order valence-corrected chi connectivity index (χ4v) is 5.37. The van der Waals surface area contributed by atoms with Crippen LogP contribution in [0, 0.1) is 12.8 Å². The number of rotatable bonds is 9. The third-order valence-corrected chi connectivity index (χ3v) is 7.53. The Morgan fingerprint density at radius 2 is 1.46 bits per heavy atom. The highest BCUT2D eigenvalue weighted by atomic mass is 16.1. The lowest BCUT2D eigenvalue weighted by atomic mass is 9.84. The quantitative estimate of drug-likeness (QED) is 0.304. The van der Waals surface area contributed by atoms with E-state index in [1.165, 1.54) is 27.8 Å². The molecule has 3 aromatic carbocycles. The van der Waals surface area contributed by atoms with Gasteiger partial charge in [-0.15, -0.1) is 0 Å². The summed E-state index contributed by atoms with van der Waals surface area (Å²) in [7, 11) is 0. The predicted molar refractivity (Wildman–Crippen MR) is 147 cm³/mol. The summed E-state index contributed by atoms with van der Waals surface area (Å²) >= 11 is 0. The van der Waals surface area contributed by atoms with Gasteiger partial charge in [0.05, 0.1) is 6.54 Å². The molecule has 1 saturated heterocycles. The molecule has 0 bridgehead atoms. The minimum atomic E-state index is 0.0610. The average Bonchev–Trinajstić information content (AvgIpc) is 3.16. The lowest BCUT2D eigenvalue weighted by Crippen LogP contribution is -2.27. The van der Waals surface area contributed by atoms with Gasteiger partial charge in [-0.05, 0) is 73.2 Å². The molecule has 0 N–H and O–H groups in total. The van der Waals surface area contributed by atoms with Crippen LogP contribution in [-0.2, 0) is 23.1 Å². The van der Waals surface area contributed by atoms with Crippen molar-refractivity contribution in [2.45, 2.75) is 71.3 Å². The maximum Gasteiger partial charge on any atom is 0.151 e. The first-order valence-electron chi connectivity index (χ1n) is 13.3. The molecular weight excluding hydrogens is 426 g/mol. The lowest BCUT2D eigenvalue weighted by Gasteiger charge is -2.29. The Labute approximate surface area is 212 Å². The topological polar surface area (TPSA) is 20.3 Å². The van der Waals surface area contributed by atoms with Crippen molar-refractivity contribution in [2.24, 2.45) is 5.92 Å². The molecular formula is C33H41NO. The number of aryl methyl sites for hydroxylation is 3. The Morgan fingerprint density at radius 3 is 2.11 bits per heavy atom. The molecule has 184 valence electrons. The fraction of sp³-hybridized carbons (Fsp3) is 0.424. The molecule has 3 aromatic rings. The van der Waals surface area contributed by atoms with Gasteiger partial charge in [-0.25, -0.2) is 0 Å². The Balaban J connectivity index is 1.47. The van der Waals surface area contributed by atoms with Crippen molar-refractivity contribution in [3.8, 4) is 0 Å². The van der Waals surface area contributed by atoms with Crippen molar-refractivity contribution < 1.29 is 4.79 Å². The number of carbonyl (C=O) groups is 1. The molecule has 2 nitrogen and oxygen atoms in total. The molecule has 0 amide bonds. The van der Waals surface area contributed by atoms with Gasteiger partial charge in [0.25, 0.3) is 0 Å². The fourth-order valence-electron chi connectivity index (χ4n) is 5.37. The van der Waals surface area contributed by atoms with Crippen LogP contribution in [0.5, 0.6) is 0 Å². The zero-order chi connectivity index (χ0) is 24.8. The highest BCUT2D eigenvalue weighted by Crippen LogP contribution is 2.39. The molecule has 0 aromatic heterocycles. The molecule has 35 heavy (non-hydrogen) atoms. The summed E-state index contributed by atoms with van der Waals surface area (Å²) in [6, 6.07) is 28.8. The molecule has 2 unspecified atom stereocenters. The van der Waals surface area contributed by atoms with E-state index >= 15 is 0 Å². The zero-order valence-electron chi connectivity index (χ0n) is 22.0. The molecule has 0 radical (unpaired) electrons. The maximum atomic E-state index is 13.3. The normalized spacial score (nSPS) is 18.8.